The quantitative estimate of drug-likeness (QED) is 0.263. The van der Waals surface area contributed by atoms with Gasteiger partial charge in [-0.2, -0.15) is 5.10 Å². The molecule has 0 aliphatic rings. The minimum absolute atomic E-state index is 0.313. The summed E-state index contributed by atoms with van der Waals surface area (Å²) >= 11 is 0. The van der Waals surface area contributed by atoms with Crippen molar-refractivity contribution in [1.82, 2.24) is 30.0 Å². The average molecular weight is 522 g/mol. The van der Waals surface area contributed by atoms with E-state index in [4.69, 9.17) is 9.52 Å². The van der Waals surface area contributed by atoms with E-state index in [0.717, 1.165) is 27.8 Å². The SMILES string of the molecule is Cc1ccc(NC(c2cn(-c3ccc(F)cc3)nc2-c2cc3ccccc3o2)c2nnnn2C(C)(C)C)cc1. The van der Waals surface area contributed by atoms with Crippen LogP contribution in [0.1, 0.15) is 43.8 Å². The monoisotopic (exact) mass is 521 g/mol. The third-order valence-corrected chi connectivity index (χ3v) is 6.55. The second-order valence-corrected chi connectivity index (χ2v) is 10.6. The molecule has 0 spiro atoms. The van der Waals surface area contributed by atoms with Gasteiger partial charge in [0.05, 0.1) is 11.2 Å². The summed E-state index contributed by atoms with van der Waals surface area (Å²) in [5.74, 6) is 0.920. The van der Waals surface area contributed by atoms with Gasteiger partial charge in [-0.1, -0.05) is 35.9 Å². The highest BCUT2D eigenvalue weighted by Gasteiger charge is 2.31. The molecule has 196 valence electrons. The van der Waals surface area contributed by atoms with Crippen LogP contribution in [0.2, 0.25) is 0 Å². The third-order valence-electron chi connectivity index (χ3n) is 6.55. The van der Waals surface area contributed by atoms with Crippen LogP contribution in [-0.4, -0.2) is 30.0 Å². The van der Waals surface area contributed by atoms with Gasteiger partial charge in [-0.05, 0) is 86.7 Å². The molecule has 6 rings (SSSR count). The number of benzene rings is 3. The van der Waals surface area contributed by atoms with Crippen molar-refractivity contribution in [2.45, 2.75) is 39.3 Å². The number of nitrogens with zero attached hydrogens (tertiary/aromatic N) is 6. The van der Waals surface area contributed by atoms with Crippen LogP contribution in [-0.2, 0) is 5.54 Å². The summed E-state index contributed by atoms with van der Waals surface area (Å²) in [5.41, 5.74) is 4.59. The molecule has 39 heavy (non-hydrogen) atoms. The van der Waals surface area contributed by atoms with E-state index in [1.807, 2.05) is 72.4 Å². The van der Waals surface area contributed by atoms with Gasteiger partial charge in [0.1, 0.15) is 23.1 Å². The van der Waals surface area contributed by atoms with Crippen molar-refractivity contribution in [2.24, 2.45) is 0 Å². The standard InChI is InChI=1S/C30H28FN7O/c1-19-9-13-22(14-10-19)32-28(29-33-35-36-38(29)30(2,3)4)24-18-37(23-15-11-21(31)12-16-23)34-27(24)26-17-20-7-5-6-8-25(20)39-26/h5-18,28,32H,1-4H3. The summed E-state index contributed by atoms with van der Waals surface area (Å²) in [4.78, 5) is 0. The number of anilines is 1. The highest BCUT2D eigenvalue weighted by atomic mass is 19.1. The number of fused-ring (bicyclic) bond motifs is 1. The molecule has 3 aromatic carbocycles. The Balaban J connectivity index is 1.57. The first-order valence-corrected chi connectivity index (χ1v) is 12.7. The van der Waals surface area contributed by atoms with Crippen molar-refractivity contribution in [1.29, 1.82) is 0 Å². The zero-order valence-electron chi connectivity index (χ0n) is 22.1. The number of nitrogens with one attached hydrogen (secondary N) is 1. The van der Waals surface area contributed by atoms with E-state index in [0.29, 0.717) is 23.0 Å². The van der Waals surface area contributed by atoms with Gasteiger partial charge in [0.15, 0.2) is 11.6 Å². The van der Waals surface area contributed by atoms with Gasteiger partial charge in [-0.25, -0.2) is 13.8 Å². The van der Waals surface area contributed by atoms with Crippen molar-refractivity contribution < 1.29 is 8.81 Å². The number of hydrogen-bond acceptors (Lipinski definition) is 6. The van der Waals surface area contributed by atoms with Crippen LogP contribution in [0.4, 0.5) is 10.1 Å². The molecule has 0 saturated heterocycles. The number of furan rings is 1. The number of para-hydroxylation sites is 1. The molecule has 6 aromatic rings. The second kappa shape index (κ2) is 9.50. The smallest absolute Gasteiger partial charge is 0.178 e. The molecule has 1 N–H and O–H groups in total. The first-order valence-electron chi connectivity index (χ1n) is 12.7. The van der Waals surface area contributed by atoms with Crippen molar-refractivity contribution in [3.63, 3.8) is 0 Å². The number of rotatable bonds is 6. The minimum atomic E-state index is -0.487. The van der Waals surface area contributed by atoms with Crippen LogP contribution >= 0.6 is 0 Å². The maximum Gasteiger partial charge on any atom is 0.178 e. The first-order chi connectivity index (χ1) is 18.8. The molecular formula is C30H28FN7O. The van der Waals surface area contributed by atoms with E-state index in [1.165, 1.54) is 12.1 Å². The number of tetrazole rings is 1. The van der Waals surface area contributed by atoms with E-state index >= 15 is 0 Å². The van der Waals surface area contributed by atoms with Crippen LogP contribution in [0.15, 0.2) is 89.5 Å². The predicted octanol–water partition coefficient (Wildman–Crippen LogP) is 6.68. The molecule has 3 aromatic heterocycles. The fourth-order valence-electron chi connectivity index (χ4n) is 4.56. The Labute approximate surface area is 225 Å². The van der Waals surface area contributed by atoms with Crippen molar-refractivity contribution in [3.8, 4) is 17.1 Å². The molecule has 0 radical (unpaired) electrons. The third kappa shape index (κ3) is 4.79. The Morgan fingerprint density at radius 3 is 2.41 bits per heavy atom. The summed E-state index contributed by atoms with van der Waals surface area (Å²) in [5, 5.41) is 22.4. The molecular weight excluding hydrogens is 493 g/mol. The van der Waals surface area contributed by atoms with Gasteiger partial charge < -0.3 is 9.73 Å². The van der Waals surface area contributed by atoms with Crippen LogP contribution < -0.4 is 5.32 Å². The first kappa shape index (κ1) is 24.5. The Bertz CT molecular complexity index is 1710. The molecule has 0 fully saturated rings. The average Bonchev–Trinajstić information content (AvgIpc) is 3.66. The zero-order chi connectivity index (χ0) is 27.1. The van der Waals surface area contributed by atoms with E-state index in [9.17, 15) is 4.39 Å². The van der Waals surface area contributed by atoms with E-state index in [2.05, 4.69) is 41.6 Å². The maximum atomic E-state index is 13.7. The fraction of sp³-hybridized carbons (Fsp3) is 0.200. The highest BCUT2D eigenvalue weighted by molar-refractivity contribution is 5.82. The summed E-state index contributed by atoms with van der Waals surface area (Å²) in [6.07, 6.45) is 1.92. The second-order valence-electron chi connectivity index (χ2n) is 10.6. The minimum Gasteiger partial charge on any atom is -0.454 e. The number of aryl methyl sites for hydroxylation is 1. The lowest BCUT2D eigenvalue weighted by Gasteiger charge is -2.25. The lowest BCUT2D eigenvalue weighted by atomic mass is 10.0. The molecule has 0 bridgehead atoms. The van der Waals surface area contributed by atoms with Crippen LogP contribution in [0.25, 0.3) is 28.1 Å². The van der Waals surface area contributed by atoms with Gasteiger partial charge in [0.25, 0.3) is 0 Å². The van der Waals surface area contributed by atoms with Gasteiger partial charge in [-0.3, -0.25) is 0 Å². The fourth-order valence-corrected chi connectivity index (χ4v) is 4.56. The Kier molecular flexibility index (Phi) is 5.98. The largest absolute Gasteiger partial charge is 0.454 e. The van der Waals surface area contributed by atoms with E-state index in [-0.39, 0.29) is 11.4 Å². The molecule has 0 amide bonds. The molecule has 0 aliphatic carbocycles. The lowest BCUT2D eigenvalue weighted by molar-refractivity contribution is 0.333. The summed E-state index contributed by atoms with van der Waals surface area (Å²) in [7, 11) is 0. The molecule has 8 nitrogen and oxygen atoms in total. The zero-order valence-corrected chi connectivity index (χ0v) is 22.1. The van der Waals surface area contributed by atoms with Crippen LogP contribution in [0.5, 0.6) is 0 Å². The summed E-state index contributed by atoms with van der Waals surface area (Å²) in [6.45, 7) is 8.21. The molecule has 9 heteroatoms. The summed E-state index contributed by atoms with van der Waals surface area (Å²) < 4.78 is 23.5. The Morgan fingerprint density at radius 2 is 1.69 bits per heavy atom. The van der Waals surface area contributed by atoms with E-state index < -0.39 is 6.04 Å². The molecule has 0 aliphatic heterocycles. The van der Waals surface area contributed by atoms with Gasteiger partial charge in [0.2, 0.25) is 0 Å². The number of aromatic nitrogens is 6. The van der Waals surface area contributed by atoms with E-state index in [1.54, 1.807) is 16.8 Å². The molecule has 0 saturated carbocycles. The molecule has 1 unspecified atom stereocenters. The normalized spacial score (nSPS) is 12.6. The van der Waals surface area contributed by atoms with Crippen LogP contribution in [0, 0.1) is 12.7 Å². The summed E-state index contributed by atoms with van der Waals surface area (Å²) in [6, 6.07) is 23.7. The number of halogens is 1. The topological polar surface area (TPSA) is 86.6 Å². The Hall–Kier alpha value is -4.79. The van der Waals surface area contributed by atoms with Crippen molar-refractivity contribution in [3.05, 3.63) is 108 Å². The maximum absolute atomic E-state index is 13.7. The van der Waals surface area contributed by atoms with Crippen molar-refractivity contribution >= 4 is 16.7 Å². The van der Waals surface area contributed by atoms with Gasteiger partial charge >= 0.3 is 0 Å². The highest BCUT2D eigenvalue weighted by Crippen LogP contribution is 2.37. The number of hydrogen-bond donors (Lipinski definition) is 1. The predicted molar refractivity (Wildman–Crippen MR) is 148 cm³/mol. The van der Waals surface area contributed by atoms with Crippen LogP contribution in [0.3, 0.4) is 0 Å². The van der Waals surface area contributed by atoms with Gasteiger partial charge in [0, 0.05) is 22.8 Å². The lowest BCUT2D eigenvalue weighted by Crippen LogP contribution is -2.29. The Morgan fingerprint density at radius 1 is 0.949 bits per heavy atom. The molecule has 1 atom stereocenters. The van der Waals surface area contributed by atoms with Crippen molar-refractivity contribution in [2.75, 3.05) is 5.32 Å². The van der Waals surface area contributed by atoms with Gasteiger partial charge in [-0.15, -0.1) is 5.10 Å². The molecule has 3 heterocycles.